The number of phenolic OH excluding ortho intramolecular Hbond substituents is 1. The summed E-state index contributed by atoms with van der Waals surface area (Å²) in [6.45, 7) is 0.349. The topological polar surface area (TPSA) is 76.4 Å². The first-order valence-electron chi connectivity index (χ1n) is 6.01. The second-order valence-corrected chi connectivity index (χ2v) is 4.76. The van der Waals surface area contributed by atoms with Gasteiger partial charge >= 0.3 is 0 Å². The summed E-state index contributed by atoms with van der Waals surface area (Å²) < 4.78 is 26.6. The van der Waals surface area contributed by atoms with Crippen molar-refractivity contribution in [3.05, 3.63) is 23.8 Å². The Balaban J connectivity index is 2.14. The molecule has 0 aromatic heterocycles. The maximum Gasteiger partial charge on any atom is 0.229 e. The smallest absolute Gasteiger partial charge is 0.229 e. The Morgan fingerprint density at radius 3 is 2.85 bits per heavy atom. The number of hydrogen-bond acceptors (Lipinski definition) is 4. The van der Waals surface area contributed by atoms with E-state index in [1.165, 1.54) is 0 Å². The van der Waals surface area contributed by atoms with E-state index in [4.69, 9.17) is 5.26 Å². The quantitative estimate of drug-likeness (QED) is 0.804. The van der Waals surface area contributed by atoms with Crippen molar-refractivity contribution >= 4 is 11.6 Å². The number of amides is 1. The van der Waals surface area contributed by atoms with Gasteiger partial charge in [0.1, 0.15) is 11.4 Å². The van der Waals surface area contributed by atoms with Crippen LogP contribution in [0.15, 0.2) is 12.1 Å². The SMILES string of the molecule is CN1CC(C(=O)Nc2c(O)ccc(F)c2F)CC1C#N. The van der Waals surface area contributed by atoms with E-state index < -0.39 is 34.9 Å². The van der Waals surface area contributed by atoms with Crippen molar-refractivity contribution in [1.82, 2.24) is 4.90 Å². The van der Waals surface area contributed by atoms with Gasteiger partial charge in [-0.2, -0.15) is 5.26 Å². The minimum atomic E-state index is -1.30. The van der Waals surface area contributed by atoms with Crippen LogP contribution in [0.1, 0.15) is 6.42 Å². The molecule has 1 amide bonds. The molecule has 2 rings (SSSR count). The van der Waals surface area contributed by atoms with Crippen molar-refractivity contribution in [2.24, 2.45) is 5.92 Å². The summed E-state index contributed by atoms with van der Waals surface area (Å²) in [5.41, 5.74) is -0.571. The summed E-state index contributed by atoms with van der Waals surface area (Å²) in [6, 6.07) is 3.42. The molecule has 5 nitrogen and oxygen atoms in total. The number of halogens is 2. The molecule has 1 aliphatic rings. The minimum absolute atomic E-state index is 0.316. The maximum absolute atomic E-state index is 13.5. The number of likely N-dealkylation sites (tertiary alicyclic amines) is 1. The average Bonchev–Trinajstić information content (AvgIpc) is 2.80. The highest BCUT2D eigenvalue weighted by atomic mass is 19.2. The van der Waals surface area contributed by atoms with Crippen LogP contribution < -0.4 is 5.32 Å². The largest absolute Gasteiger partial charge is 0.506 e. The van der Waals surface area contributed by atoms with E-state index in [-0.39, 0.29) is 6.04 Å². The van der Waals surface area contributed by atoms with E-state index in [2.05, 4.69) is 11.4 Å². The van der Waals surface area contributed by atoms with Crippen LogP contribution in [0.2, 0.25) is 0 Å². The molecule has 0 saturated carbocycles. The van der Waals surface area contributed by atoms with Gasteiger partial charge in [0.2, 0.25) is 5.91 Å². The zero-order valence-electron chi connectivity index (χ0n) is 10.7. The first-order chi connectivity index (χ1) is 9.43. The van der Waals surface area contributed by atoms with Crippen LogP contribution in [0.5, 0.6) is 5.75 Å². The number of anilines is 1. The van der Waals surface area contributed by atoms with E-state index in [9.17, 15) is 18.7 Å². The van der Waals surface area contributed by atoms with Gasteiger partial charge < -0.3 is 10.4 Å². The molecule has 0 spiro atoms. The van der Waals surface area contributed by atoms with Gasteiger partial charge in [-0.25, -0.2) is 8.78 Å². The van der Waals surface area contributed by atoms with Gasteiger partial charge in [0.15, 0.2) is 11.6 Å². The van der Waals surface area contributed by atoms with Gasteiger partial charge in [0, 0.05) is 6.54 Å². The minimum Gasteiger partial charge on any atom is -0.506 e. The van der Waals surface area contributed by atoms with Crippen LogP contribution in [-0.4, -0.2) is 35.5 Å². The Bertz CT molecular complexity index is 586. The Hall–Kier alpha value is -2.20. The molecule has 0 radical (unpaired) electrons. The number of rotatable bonds is 2. The van der Waals surface area contributed by atoms with Crippen molar-refractivity contribution < 1.29 is 18.7 Å². The van der Waals surface area contributed by atoms with Gasteiger partial charge in [-0.1, -0.05) is 0 Å². The number of aromatic hydroxyl groups is 1. The lowest BCUT2D eigenvalue weighted by Crippen LogP contribution is -2.26. The maximum atomic E-state index is 13.5. The molecular formula is C13H13F2N3O2. The first kappa shape index (κ1) is 14.2. The molecule has 20 heavy (non-hydrogen) atoms. The molecule has 1 fully saturated rings. The fraction of sp³-hybridized carbons (Fsp3) is 0.385. The van der Waals surface area contributed by atoms with Gasteiger partial charge in [0.25, 0.3) is 0 Å². The second kappa shape index (κ2) is 5.43. The van der Waals surface area contributed by atoms with Crippen LogP contribution in [0.4, 0.5) is 14.5 Å². The van der Waals surface area contributed by atoms with Crippen molar-refractivity contribution in [3.63, 3.8) is 0 Å². The lowest BCUT2D eigenvalue weighted by Gasteiger charge is -2.13. The van der Waals surface area contributed by atoms with E-state index in [1.54, 1.807) is 11.9 Å². The van der Waals surface area contributed by atoms with Crippen molar-refractivity contribution in [2.75, 3.05) is 18.9 Å². The third-order valence-corrected chi connectivity index (χ3v) is 3.39. The van der Waals surface area contributed by atoms with Crippen LogP contribution in [0.25, 0.3) is 0 Å². The standard InChI is InChI=1S/C13H13F2N3O2/c1-18-6-7(4-8(18)5-16)13(20)17-12-10(19)3-2-9(14)11(12)15/h2-3,7-8,19H,4,6H2,1H3,(H,17,20). The number of phenols is 1. The Morgan fingerprint density at radius 1 is 1.55 bits per heavy atom. The summed E-state index contributed by atoms with van der Waals surface area (Å²) in [5, 5.41) is 20.5. The number of hydrogen-bond donors (Lipinski definition) is 2. The molecule has 106 valence electrons. The molecule has 2 unspecified atom stereocenters. The highest BCUT2D eigenvalue weighted by molar-refractivity contribution is 5.94. The number of benzene rings is 1. The van der Waals surface area contributed by atoms with Crippen LogP contribution in [0, 0.1) is 28.9 Å². The highest BCUT2D eigenvalue weighted by Gasteiger charge is 2.34. The number of nitriles is 1. The zero-order chi connectivity index (χ0) is 14.9. The fourth-order valence-corrected chi connectivity index (χ4v) is 2.22. The molecule has 1 aromatic carbocycles. The summed E-state index contributed by atoms with van der Waals surface area (Å²) in [4.78, 5) is 13.7. The molecule has 1 heterocycles. The molecule has 2 N–H and O–H groups in total. The monoisotopic (exact) mass is 281 g/mol. The predicted molar refractivity (Wildman–Crippen MR) is 66.8 cm³/mol. The van der Waals surface area contributed by atoms with Gasteiger partial charge in [0.05, 0.1) is 18.0 Å². The van der Waals surface area contributed by atoms with E-state index in [1.807, 2.05) is 0 Å². The number of carbonyl (C=O) groups is 1. The molecule has 2 atom stereocenters. The molecular weight excluding hydrogens is 268 g/mol. The van der Waals surface area contributed by atoms with E-state index >= 15 is 0 Å². The Morgan fingerprint density at radius 2 is 2.25 bits per heavy atom. The fourth-order valence-electron chi connectivity index (χ4n) is 2.22. The molecule has 7 heteroatoms. The number of nitrogens with one attached hydrogen (secondary N) is 1. The Kier molecular flexibility index (Phi) is 3.86. The van der Waals surface area contributed by atoms with Gasteiger partial charge in [-0.05, 0) is 25.6 Å². The molecule has 0 aliphatic carbocycles. The highest BCUT2D eigenvalue weighted by Crippen LogP contribution is 2.30. The lowest BCUT2D eigenvalue weighted by atomic mass is 10.1. The van der Waals surface area contributed by atoms with E-state index in [0.717, 1.165) is 12.1 Å². The third kappa shape index (κ3) is 2.56. The van der Waals surface area contributed by atoms with Crippen LogP contribution >= 0.6 is 0 Å². The van der Waals surface area contributed by atoms with Crippen LogP contribution in [-0.2, 0) is 4.79 Å². The number of nitrogens with zero attached hydrogens (tertiary/aromatic N) is 2. The normalized spacial score (nSPS) is 22.5. The predicted octanol–water partition coefficient (Wildman–Crippen LogP) is 1.45. The first-order valence-corrected chi connectivity index (χ1v) is 6.01. The zero-order valence-corrected chi connectivity index (χ0v) is 10.7. The molecule has 1 aliphatic heterocycles. The van der Waals surface area contributed by atoms with E-state index in [0.29, 0.717) is 13.0 Å². The average molecular weight is 281 g/mol. The van der Waals surface area contributed by atoms with Crippen LogP contribution in [0.3, 0.4) is 0 Å². The number of carbonyl (C=O) groups excluding carboxylic acids is 1. The van der Waals surface area contributed by atoms with Crippen molar-refractivity contribution in [1.29, 1.82) is 5.26 Å². The van der Waals surface area contributed by atoms with Gasteiger partial charge in [-0.3, -0.25) is 9.69 Å². The van der Waals surface area contributed by atoms with Gasteiger partial charge in [-0.15, -0.1) is 0 Å². The molecule has 1 saturated heterocycles. The third-order valence-electron chi connectivity index (χ3n) is 3.39. The summed E-state index contributed by atoms with van der Waals surface area (Å²) in [7, 11) is 1.71. The Labute approximate surface area is 114 Å². The molecule has 1 aromatic rings. The summed E-state index contributed by atoms with van der Waals surface area (Å²) >= 11 is 0. The van der Waals surface area contributed by atoms with Crippen molar-refractivity contribution in [3.8, 4) is 11.8 Å². The second-order valence-electron chi connectivity index (χ2n) is 4.76. The summed E-state index contributed by atoms with van der Waals surface area (Å²) in [5.74, 6) is -4.06. The van der Waals surface area contributed by atoms with Crippen molar-refractivity contribution in [2.45, 2.75) is 12.5 Å². The lowest BCUT2D eigenvalue weighted by molar-refractivity contribution is -0.119. The summed E-state index contributed by atoms with van der Waals surface area (Å²) in [6.07, 6.45) is 0.316. The molecule has 0 bridgehead atoms.